The largest absolute Gasteiger partial charge is 0.454 e. The van der Waals surface area contributed by atoms with Crippen LogP contribution in [0.3, 0.4) is 0 Å². The first-order valence-electron chi connectivity index (χ1n) is 10.2. The molecule has 0 aliphatic carbocycles. The zero-order chi connectivity index (χ0) is 21.8. The molecule has 0 unspecified atom stereocenters. The van der Waals surface area contributed by atoms with E-state index in [2.05, 4.69) is 5.32 Å². The first kappa shape index (κ1) is 22.0. The normalized spacial score (nSPS) is 22.3. The molecule has 0 radical (unpaired) electrons. The Morgan fingerprint density at radius 1 is 1.13 bits per heavy atom. The number of hydrogen-bond acceptors (Lipinski definition) is 5. The molecule has 30 heavy (non-hydrogen) atoms. The topological polar surface area (TPSA) is 84.9 Å². The van der Waals surface area contributed by atoms with Crippen LogP contribution in [-0.2, 0) is 9.47 Å². The molecule has 1 aliphatic heterocycles. The molecule has 1 fully saturated rings. The fraction of sp³-hybridized carbons (Fsp3) is 0.417. The van der Waals surface area contributed by atoms with Crippen LogP contribution in [0.1, 0.15) is 54.3 Å². The molecule has 1 amide bonds. The minimum Gasteiger partial charge on any atom is -0.454 e. The van der Waals surface area contributed by atoms with E-state index in [-0.39, 0.29) is 18.6 Å². The Bertz CT molecular complexity index is 862. The molecule has 2 N–H and O–H groups in total. The van der Waals surface area contributed by atoms with E-state index in [1.165, 1.54) is 0 Å². The van der Waals surface area contributed by atoms with Crippen molar-refractivity contribution >= 4 is 11.9 Å². The van der Waals surface area contributed by atoms with Crippen molar-refractivity contribution in [2.24, 2.45) is 0 Å². The number of hydrogen-bond donors (Lipinski definition) is 2. The minimum absolute atomic E-state index is 0.0986. The lowest BCUT2D eigenvalue weighted by Crippen LogP contribution is -2.50. The lowest BCUT2D eigenvalue weighted by Gasteiger charge is -2.35. The SMILES string of the molecule is CC(C)(O)[C@H]1CC[C@@](C)([C@H](CNC(=O)c2ccccc2)OC(=O)c2ccccc2)O1. The second-order valence-corrected chi connectivity index (χ2v) is 8.45. The number of nitrogens with one attached hydrogen (secondary N) is 1. The van der Waals surface area contributed by atoms with Crippen molar-refractivity contribution in [3.05, 3.63) is 71.8 Å². The van der Waals surface area contributed by atoms with Gasteiger partial charge in [-0.2, -0.15) is 0 Å². The summed E-state index contributed by atoms with van der Waals surface area (Å²) in [5.41, 5.74) is -0.895. The summed E-state index contributed by atoms with van der Waals surface area (Å²) in [4.78, 5) is 25.2. The third-order valence-electron chi connectivity index (χ3n) is 5.53. The molecule has 3 atom stereocenters. The van der Waals surface area contributed by atoms with Crippen LogP contribution in [0.15, 0.2) is 60.7 Å². The lowest BCUT2D eigenvalue weighted by atomic mass is 9.93. The van der Waals surface area contributed by atoms with Gasteiger partial charge in [0.15, 0.2) is 0 Å². The number of ether oxygens (including phenoxy) is 2. The van der Waals surface area contributed by atoms with Crippen molar-refractivity contribution in [3.8, 4) is 0 Å². The highest BCUT2D eigenvalue weighted by Gasteiger charge is 2.48. The Labute approximate surface area is 177 Å². The second kappa shape index (κ2) is 8.98. The first-order valence-corrected chi connectivity index (χ1v) is 10.2. The molecule has 0 spiro atoms. The highest BCUT2D eigenvalue weighted by molar-refractivity contribution is 5.94. The van der Waals surface area contributed by atoms with Crippen molar-refractivity contribution in [3.63, 3.8) is 0 Å². The van der Waals surface area contributed by atoms with Crippen molar-refractivity contribution in [2.75, 3.05) is 6.54 Å². The molecule has 0 saturated carbocycles. The summed E-state index contributed by atoms with van der Waals surface area (Å²) < 4.78 is 12.0. The predicted octanol–water partition coefficient (Wildman–Crippen LogP) is 3.35. The summed E-state index contributed by atoms with van der Waals surface area (Å²) in [7, 11) is 0. The Kier molecular flexibility index (Phi) is 6.58. The Morgan fingerprint density at radius 3 is 2.23 bits per heavy atom. The van der Waals surface area contributed by atoms with Gasteiger partial charge >= 0.3 is 5.97 Å². The van der Waals surface area contributed by atoms with Gasteiger partial charge in [-0.05, 0) is 57.9 Å². The quantitative estimate of drug-likeness (QED) is 0.683. The lowest BCUT2D eigenvalue weighted by molar-refractivity contribution is -0.153. The number of rotatable bonds is 7. The fourth-order valence-corrected chi connectivity index (χ4v) is 3.63. The Morgan fingerprint density at radius 2 is 1.70 bits per heavy atom. The summed E-state index contributed by atoms with van der Waals surface area (Å²) in [6.07, 6.45) is 0.122. The van der Waals surface area contributed by atoms with Gasteiger partial charge in [-0.1, -0.05) is 36.4 Å². The zero-order valence-corrected chi connectivity index (χ0v) is 17.6. The third kappa shape index (κ3) is 5.26. The van der Waals surface area contributed by atoms with Crippen molar-refractivity contribution in [1.82, 2.24) is 5.32 Å². The van der Waals surface area contributed by atoms with Crippen LogP contribution in [0.4, 0.5) is 0 Å². The molecule has 2 aromatic rings. The molecule has 1 heterocycles. The molecule has 1 aliphatic rings. The van der Waals surface area contributed by atoms with Gasteiger partial charge in [0.05, 0.1) is 23.8 Å². The average Bonchev–Trinajstić information content (AvgIpc) is 3.15. The second-order valence-electron chi connectivity index (χ2n) is 8.45. The highest BCUT2D eigenvalue weighted by Crippen LogP contribution is 2.38. The standard InChI is InChI=1S/C24H29NO5/c1-23(2,28)19-14-15-24(3,30-19)20(29-22(27)18-12-8-5-9-13-18)16-25-21(26)17-10-6-4-7-11-17/h4-13,19-20,28H,14-16H2,1-3H3,(H,25,26)/t19-,20+,24+/m1/s1. The molecular weight excluding hydrogens is 382 g/mol. The molecule has 0 bridgehead atoms. The van der Waals surface area contributed by atoms with Crippen LogP contribution in [0, 0.1) is 0 Å². The van der Waals surface area contributed by atoms with Crippen molar-refractivity contribution < 1.29 is 24.2 Å². The molecule has 6 nitrogen and oxygen atoms in total. The summed E-state index contributed by atoms with van der Waals surface area (Å²) >= 11 is 0. The van der Waals surface area contributed by atoms with Crippen molar-refractivity contribution in [1.29, 1.82) is 0 Å². The van der Waals surface area contributed by atoms with Gasteiger partial charge in [-0.15, -0.1) is 0 Å². The highest BCUT2D eigenvalue weighted by atomic mass is 16.6. The smallest absolute Gasteiger partial charge is 0.338 e. The Balaban J connectivity index is 1.76. The summed E-state index contributed by atoms with van der Waals surface area (Å²) in [6, 6.07) is 17.6. The van der Waals surface area contributed by atoms with Gasteiger partial charge < -0.3 is 19.9 Å². The van der Waals surface area contributed by atoms with Crippen LogP contribution >= 0.6 is 0 Å². The van der Waals surface area contributed by atoms with Crippen LogP contribution in [0.2, 0.25) is 0 Å². The van der Waals surface area contributed by atoms with Crippen LogP contribution in [0.5, 0.6) is 0 Å². The van der Waals surface area contributed by atoms with E-state index < -0.39 is 23.3 Å². The maximum atomic E-state index is 12.7. The molecule has 1 saturated heterocycles. The van der Waals surface area contributed by atoms with Gasteiger partial charge in [0, 0.05) is 5.56 Å². The maximum absolute atomic E-state index is 12.7. The molecule has 160 valence electrons. The number of benzene rings is 2. The van der Waals surface area contributed by atoms with E-state index in [1.807, 2.05) is 19.1 Å². The van der Waals surface area contributed by atoms with Gasteiger partial charge in [-0.25, -0.2) is 4.79 Å². The van der Waals surface area contributed by atoms with Gasteiger partial charge in [0.25, 0.3) is 5.91 Å². The van der Waals surface area contributed by atoms with Gasteiger partial charge in [-0.3, -0.25) is 4.79 Å². The maximum Gasteiger partial charge on any atom is 0.338 e. The minimum atomic E-state index is -1.01. The zero-order valence-electron chi connectivity index (χ0n) is 17.6. The van der Waals surface area contributed by atoms with E-state index in [0.29, 0.717) is 24.0 Å². The predicted molar refractivity (Wildman–Crippen MR) is 113 cm³/mol. The number of carbonyl (C=O) groups excluding carboxylic acids is 2. The summed E-state index contributed by atoms with van der Waals surface area (Å²) in [5, 5.41) is 13.2. The third-order valence-corrected chi connectivity index (χ3v) is 5.53. The van der Waals surface area contributed by atoms with Gasteiger partial charge in [0.2, 0.25) is 0 Å². The van der Waals surface area contributed by atoms with E-state index in [9.17, 15) is 14.7 Å². The number of amides is 1. The summed E-state index contributed by atoms with van der Waals surface area (Å²) in [5.74, 6) is -0.733. The number of aliphatic hydroxyl groups is 1. The first-order chi connectivity index (χ1) is 14.2. The number of carbonyl (C=O) groups is 2. The fourth-order valence-electron chi connectivity index (χ4n) is 3.63. The number of esters is 1. The van der Waals surface area contributed by atoms with E-state index >= 15 is 0 Å². The molecular formula is C24H29NO5. The molecule has 3 rings (SSSR count). The molecule has 0 aromatic heterocycles. The monoisotopic (exact) mass is 411 g/mol. The van der Waals surface area contributed by atoms with E-state index in [4.69, 9.17) is 9.47 Å². The molecule has 6 heteroatoms. The van der Waals surface area contributed by atoms with E-state index in [1.54, 1.807) is 62.4 Å². The van der Waals surface area contributed by atoms with Gasteiger partial charge in [0.1, 0.15) is 11.7 Å². The van der Waals surface area contributed by atoms with Crippen LogP contribution < -0.4 is 5.32 Å². The van der Waals surface area contributed by atoms with Crippen molar-refractivity contribution in [2.45, 2.75) is 57.0 Å². The van der Waals surface area contributed by atoms with Crippen LogP contribution in [-0.4, -0.2) is 46.9 Å². The summed E-state index contributed by atoms with van der Waals surface area (Å²) in [6.45, 7) is 5.36. The molecule has 2 aromatic carbocycles. The van der Waals surface area contributed by atoms with Crippen LogP contribution in [0.25, 0.3) is 0 Å². The van der Waals surface area contributed by atoms with E-state index in [0.717, 1.165) is 0 Å². The Hall–Kier alpha value is -2.70. The average molecular weight is 411 g/mol.